The van der Waals surface area contributed by atoms with Crippen LogP contribution < -0.4 is 16.8 Å². The van der Waals surface area contributed by atoms with Crippen LogP contribution in [-0.2, 0) is 11.3 Å². The first kappa shape index (κ1) is 13.2. The third-order valence-corrected chi connectivity index (χ3v) is 3.20. The van der Waals surface area contributed by atoms with Crippen molar-refractivity contribution in [3.05, 3.63) is 22.4 Å². The van der Waals surface area contributed by atoms with Crippen molar-refractivity contribution in [1.29, 1.82) is 0 Å². The zero-order valence-corrected chi connectivity index (χ0v) is 10.1. The van der Waals surface area contributed by atoms with Crippen molar-refractivity contribution in [3.63, 3.8) is 0 Å². The van der Waals surface area contributed by atoms with E-state index in [9.17, 15) is 4.79 Å². The van der Waals surface area contributed by atoms with Crippen LogP contribution in [0, 0.1) is 0 Å². The van der Waals surface area contributed by atoms with Gasteiger partial charge in [0.15, 0.2) is 0 Å². The number of hydrogen-bond acceptors (Lipinski definition) is 4. The highest BCUT2D eigenvalue weighted by molar-refractivity contribution is 7.09. The molecular weight excluding hydrogens is 222 g/mol. The molecule has 90 valence electrons. The summed E-state index contributed by atoms with van der Waals surface area (Å²) in [5.74, 6) is -0.0783. The Morgan fingerprint density at radius 2 is 2.31 bits per heavy atom. The van der Waals surface area contributed by atoms with Gasteiger partial charge in [-0.3, -0.25) is 4.79 Å². The standard InChI is InChI=1S/C11H19N3OS/c12-6-2-1-5-10(13)11(15)14-8-9-4-3-7-16-9/h3-4,7,10H,1-2,5-6,8,12-13H2,(H,14,15). The molecule has 0 radical (unpaired) electrons. The number of thiophene rings is 1. The minimum Gasteiger partial charge on any atom is -0.350 e. The molecule has 0 aliphatic heterocycles. The van der Waals surface area contributed by atoms with Crippen molar-refractivity contribution in [2.75, 3.05) is 6.54 Å². The van der Waals surface area contributed by atoms with Gasteiger partial charge in [0.2, 0.25) is 5.91 Å². The van der Waals surface area contributed by atoms with E-state index in [2.05, 4.69) is 5.32 Å². The summed E-state index contributed by atoms with van der Waals surface area (Å²) >= 11 is 1.63. The Morgan fingerprint density at radius 3 is 2.94 bits per heavy atom. The first-order chi connectivity index (χ1) is 7.74. The lowest BCUT2D eigenvalue weighted by molar-refractivity contribution is -0.122. The summed E-state index contributed by atoms with van der Waals surface area (Å²) in [5.41, 5.74) is 11.1. The molecule has 0 aromatic carbocycles. The molecular formula is C11H19N3OS. The monoisotopic (exact) mass is 241 g/mol. The molecule has 0 fully saturated rings. The SMILES string of the molecule is NCCCCC(N)C(=O)NCc1cccs1. The Labute approximate surface area is 100 Å². The fourth-order valence-corrected chi connectivity index (χ4v) is 2.00. The Bertz CT molecular complexity index is 300. The molecule has 1 aromatic rings. The van der Waals surface area contributed by atoms with Gasteiger partial charge in [0.1, 0.15) is 0 Å². The maximum Gasteiger partial charge on any atom is 0.237 e. The van der Waals surface area contributed by atoms with Gasteiger partial charge in [0, 0.05) is 4.88 Å². The number of carbonyl (C=O) groups excluding carboxylic acids is 1. The summed E-state index contributed by atoms with van der Waals surface area (Å²) in [7, 11) is 0. The van der Waals surface area contributed by atoms with Crippen molar-refractivity contribution in [2.45, 2.75) is 31.8 Å². The molecule has 5 heteroatoms. The van der Waals surface area contributed by atoms with E-state index in [4.69, 9.17) is 11.5 Å². The second-order valence-corrected chi connectivity index (χ2v) is 4.72. The van der Waals surface area contributed by atoms with Crippen LogP contribution in [0.4, 0.5) is 0 Å². The maximum absolute atomic E-state index is 11.6. The lowest BCUT2D eigenvalue weighted by atomic mass is 10.1. The van der Waals surface area contributed by atoms with E-state index in [0.29, 0.717) is 19.5 Å². The van der Waals surface area contributed by atoms with Gasteiger partial charge in [0.05, 0.1) is 12.6 Å². The van der Waals surface area contributed by atoms with Crippen molar-refractivity contribution < 1.29 is 4.79 Å². The lowest BCUT2D eigenvalue weighted by Gasteiger charge is -2.11. The van der Waals surface area contributed by atoms with Gasteiger partial charge in [0.25, 0.3) is 0 Å². The molecule has 5 N–H and O–H groups in total. The van der Waals surface area contributed by atoms with E-state index >= 15 is 0 Å². The molecule has 1 amide bonds. The number of rotatable bonds is 7. The predicted molar refractivity (Wildman–Crippen MR) is 67.0 cm³/mol. The first-order valence-corrected chi connectivity index (χ1v) is 6.37. The molecule has 1 rings (SSSR count). The smallest absolute Gasteiger partial charge is 0.237 e. The fourth-order valence-electron chi connectivity index (χ4n) is 1.36. The van der Waals surface area contributed by atoms with Crippen LogP contribution in [0.2, 0.25) is 0 Å². The van der Waals surface area contributed by atoms with E-state index in [1.54, 1.807) is 11.3 Å². The van der Waals surface area contributed by atoms with Crippen LogP contribution in [0.15, 0.2) is 17.5 Å². The normalized spacial score (nSPS) is 12.4. The topological polar surface area (TPSA) is 81.1 Å². The van der Waals surface area contributed by atoms with Gasteiger partial charge in [-0.25, -0.2) is 0 Å². The van der Waals surface area contributed by atoms with Crippen molar-refractivity contribution in [3.8, 4) is 0 Å². The van der Waals surface area contributed by atoms with E-state index in [0.717, 1.165) is 17.7 Å². The molecule has 0 bridgehead atoms. The van der Waals surface area contributed by atoms with Crippen LogP contribution >= 0.6 is 11.3 Å². The van der Waals surface area contributed by atoms with E-state index in [-0.39, 0.29) is 5.91 Å². The van der Waals surface area contributed by atoms with Crippen LogP contribution in [0.25, 0.3) is 0 Å². The molecule has 0 saturated heterocycles. The number of unbranched alkanes of at least 4 members (excludes halogenated alkanes) is 1. The van der Waals surface area contributed by atoms with Crippen LogP contribution in [0.1, 0.15) is 24.1 Å². The molecule has 4 nitrogen and oxygen atoms in total. The van der Waals surface area contributed by atoms with Crippen LogP contribution in [-0.4, -0.2) is 18.5 Å². The van der Waals surface area contributed by atoms with Gasteiger partial charge in [-0.15, -0.1) is 11.3 Å². The molecule has 1 aromatic heterocycles. The van der Waals surface area contributed by atoms with Crippen molar-refractivity contribution >= 4 is 17.2 Å². The zero-order valence-electron chi connectivity index (χ0n) is 9.32. The number of hydrogen-bond donors (Lipinski definition) is 3. The van der Waals surface area contributed by atoms with E-state index in [1.165, 1.54) is 0 Å². The maximum atomic E-state index is 11.6. The molecule has 16 heavy (non-hydrogen) atoms. The third-order valence-electron chi connectivity index (χ3n) is 2.32. The van der Waals surface area contributed by atoms with Crippen molar-refractivity contribution in [2.24, 2.45) is 11.5 Å². The molecule has 1 atom stereocenters. The van der Waals surface area contributed by atoms with Crippen LogP contribution in [0.5, 0.6) is 0 Å². The molecule has 1 unspecified atom stereocenters. The van der Waals surface area contributed by atoms with Gasteiger partial charge >= 0.3 is 0 Å². The molecule has 0 aliphatic rings. The Kier molecular flexibility index (Phi) is 6.07. The second kappa shape index (κ2) is 7.38. The minimum atomic E-state index is -0.411. The lowest BCUT2D eigenvalue weighted by Crippen LogP contribution is -2.40. The number of carbonyl (C=O) groups is 1. The molecule has 0 saturated carbocycles. The number of amides is 1. The minimum absolute atomic E-state index is 0.0783. The summed E-state index contributed by atoms with van der Waals surface area (Å²) in [6.45, 7) is 1.23. The highest BCUT2D eigenvalue weighted by Crippen LogP contribution is 2.07. The second-order valence-electron chi connectivity index (χ2n) is 3.69. The van der Waals surface area contributed by atoms with Gasteiger partial charge in [-0.05, 0) is 30.8 Å². The quantitative estimate of drug-likeness (QED) is 0.618. The zero-order chi connectivity index (χ0) is 11.8. The van der Waals surface area contributed by atoms with E-state index < -0.39 is 6.04 Å². The molecule has 1 heterocycles. The summed E-state index contributed by atoms with van der Waals surface area (Å²) in [5, 5.41) is 4.82. The molecule has 0 aliphatic carbocycles. The van der Waals surface area contributed by atoms with Crippen molar-refractivity contribution in [1.82, 2.24) is 5.32 Å². The van der Waals surface area contributed by atoms with Crippen LogP contribution in [0.3, 0.4) is 0 Å². The number of nitrogens with one attached hydrogen (secondary N) is 1. The Balaban J connectivity index is 2.18. The predicted octanol–water partition coefficient (Wildman–Crippen LogP) is 0.821. The Hall–Kier alpha value is -0.910. The van der Waals surface area contributed by atoms with E-state index in [1.807, 2.05) is 17.5 Å². The summed E-state index contributed by atoms with van der Waals surface area (Å²) in [6, 6.07) is 3.55. The summed E-state index contributed by atoms with van der Waals surface area (Å²) < 4.78 is 0. The first-order valence-electron chi connectivity index (χ1n) is 5.49. The highest BCUT2D eigenvalue weighted by Gasteiger charge is 2.12. The summed E-state index contributed by atoms with van der Waals surface area (Å²) in [4.78, 5) is 12.7. The average Bonchev–Trinajstić information content (AvgIpc) is 2.79. The van der Waals surface area contributed by atoms with Gasteiger partial charge < -0.3 is 16.8 Å². The number of nitrogens with two attached hydrogens (primary N) is 2. The summed E-state index contributed by atoms with van der Waals surface area (Å²) in [6.07, 6.45) is 2.53. The largest absolute Gasteiger partial charge is 0.350 e. The van der Waals surface area contributed by atoms with Gasteiger partial charge in [-0.1, -0.05) is 12.5 Å². The van der Waals surface area contributed by atoms with Gasteiger partial charge in [-0.2, -0.15) is 0 Å². The highest BCUT2D eigenvalue weighted by atomic mass is 32.1. The third kappa shape index (κ3) is 4.74. The fraction of sp³-hybridized carbons (Fsp3) is 0.545. The molecule has 0 spiro atoms. The average molecular weight is 241 g/mol. The Morgan fingerprint density at radius 1 is 1.50 bits per heavy atom.